The van der Waals surface area contributed by atoms with E-state index in [-0.39, 0.29) is 16.8 Å². The molecule has 0 spiro atoms. The maximum absolute atomic E-state index is 11.5. The quantitative estimate of drug-likeness (QED) is 0.368. The van der Waals surface area contributed by atoms with Crippen molar-refractivity contribution in [2.75, 3.05) is 7.11 Å². The first-order valence-corrected chi connectivity index (χ1v) is 7.25. The minimum Gasteiger partial charge on any atom is -0.497 e. The van der Waals surface area contributed by atoms with Gasteiger partial charge in [-0.1, -0.05) is 28.1 Å². The molecule has 0 saturated carbocycles. The van der Waals surface area contributed by atoms with Gasteiger partial charge >= 0.3 is 5.97 Å². The van der Waals surface area contributed by atoms with E-state index >= 15 is 0 Å². The van der Waals surface area contributed by atoms with Crippen molar-refractivity contribution in [2.24, 2.45) is 0 Å². The van der Waals surface area contributed by atoms with E-state index in [0.29, 0.717) is 15.8 Å². The second-order valence-electron chi connectivity index (χ2n) is 4.55. The van der Waals surface area contributed by atoms with Crippen molar-refractivity contribution < 1.29 is 19.6 Å². The van der Waals surface area contributed by atoms with Crippen LogP contribution in [0.2, 0.25) is 0 Å². The third-order valence-corrected chi connectivity index (χ3v) is 3.61. The number of rotatable bonds is 5. The first-order valence-electron chi connectivity index (χ1n) is 6.45. The Kier molecular flexibility index (Phi) is 5.13. The molecule has 6 nitrogen and oxygen atoms in total. The zero-order valence-electron chi connectivity index (χ0n) is 12.0. The molecular weight excluding hydrogens is 366 g/mol. The van der Waals surface area contributed by atoms with Gasteiger partial charge in [0.25, 0.3) is 5.69 Å². The van der Waals surface area contributed by atoms with Gasteiger partial charge in [-0.05, 0) is 35.9 Å². The lowest BCUT2D eigenvalue weighted by Gasteiger charge is -2.06. The van der Waals surface area contributed by atoms with Crippen LogP contribution in [0.1, 0.15) is 11.1 Å². The van der Waals surface area contributed by atoms with Gasteiger partial charge in [0.05, 0.1) is 23.2 Å². The molecule has 0 aliphatic rings. The molecule has 0 fully saturated rings. The number of nitrogens with zero attached hydrogens (tertiary/aromatic N) is 1. The van der Waals surface area contributed by atoms with Gasteiger partial charge in [0.2, 0.25) is 0 Å². The molecular formula is C16H12BrNO5. The predicted octanol–water partition coefficient (Wildman–Crippen LogP) is 3.99. The van der Waals surface area contributed by atoms with Gasteiger partial charge in [0.15, 0.2) is 0 Å². The van der Waals surface area contributed by atoms with Crippen LogP contribution in [0.15, 0.2) is 46.9 Å². The van der Waals surface area contributed by atoms with E-state index in [9.17, 15) is 20.0 Å². The van der Waals surface area contributed by atoms with Gasteiger partial charge in [-0.25, -0.2) is 4.79 Å². The Bertz CT molecular complexity index is 784. The number of hydrogen-bond acceptors (Lipinski definition) is 4. The van der Waals surface area contributed by atoms with Crippen LogP contribution in [0.25, 0.3) is 11.6 Å². The van der Waals surface area contributed by atoms with Crippen molar-refractivity contribution in [2.45, 2.75) is 0 Å². The number of nitro benzene ring substituents is 1. The Balaban J connectivity index is 2.57. The van der Waals surface area contributed by atoms with Crippen LogP contribution < -0.4 is 4.74 Å². The highest BCUT2D eigenvalue weighted by molar-refractivity contribution is 9.10. The minimum absolute atomic E-state index is 0.0474. The zero-order chi connectivity index (χ0) is 17.0. The van der Waals surface area contributed by atoms with E-state index in [4.69, 9.17) is 4.74 Å². The van der Waals surface area contributed by atoms with Gasteiger partial charge in [-0.2, -0.15) is 0 Å². The molecule has 23 heavy (non-hydrogen) atoms. The molecule has 0 aliphatic heterocycles. The normalized spacial score (nSPS) is 11.1. The monoisotopic (exact) mass is 377 g/mol. The van der Waals surface area contributed by atoms with Crippen LogP contribution in [0.4, 0.5) is 5.69 Å². The molecule has 118 valence electrons. The topological polar surface area (TPSA) is 89.7 Å². The highest BCUT2D eigenvalue weighted by Gasteiger charge is 2.16. The van der Waals surface area contributed by atoms with Crippen LogP contribution in [-0.2, 0) is 4.79 Å². The van der Waals surface area contributed by atoms with Gasteiger partial charge in [-0.15, -0.1) is 0 Å². The standard InChI is InChI=1S/C16H12BrNO5/c1-23-13-5-2-10(3-6-13)14(16(19)20)9-11-8-12(17)4-7-15(11)18(21)22/h2-9H,1H3,(H,19,20)/b14-9+. The van der Waals surface area contributed by atoms with Gasteiger partial charge < -0.3 is 9.84 Å². The molecule has 0 aromatic heterocycles. The number of benzene rings is 2. The second kappa shape index (κ2) is 7.06. The lowest BCUT2D eigenvalue weighted by Crippen LogP contribution is -2.00. The average molecular weight is 378 g/mol. The fraction of sp³-hybridized carbons (Fsp3) is 0.0625. The van der Waals surface area contributed by atoms with Crippen LogP contribution in [0.5, 0.6) is 5.75 Å². The summed E-state index contributed by atoms with van der Waals surface area (Å²) in [4.78, 5) is 22.1. The van der Waals surface area contributed by atoms with E-state index in [1.807, 2.05) is 0 Å². The summed E-state index contributed by atoms with van der Waals surface area (Å²) in [6.07, 6.45) is 1.28. The van der Waals surface area contributed by atoms with Crippen molar-refractivity contribution in [1.29, 1.82) is 0 Å². The summed E-state index contributed by atoms with van der Waals surface area (Å²) < 4.78 is 5.65. The number of nitro groups is 1. The van der Waals surface area contributed by atoms with E-state index < -0.39 is 10.9 Å². The maximum atomic E-state index is 11.5. The summed E-state index contributed by atoms with van der Waals surface area (Å²) >= 11 is 3.23. The predicted molar refractivity (Wildman–Crippen MR) is 89.3 cm³/mol. The number of carbonyl (C=O) groups is 1. The van der Waals surface area contributed by atoms with Crippen molar-refractivity contribution in [3.63, 3.8) is 0 Å². The minimum atomic E-state index is -1.18. The first kappa shape index (κ1) is 16.7. The molecule has 0 heterocycles. The smallest absolute Gasteiger partial charge is 0.336 e. The molecule has 2 rings (SSSR count). The third kappa shape index (κ3) is 3.95. The lowest BCUT2D eigenvalue weighted by atomic mass is 10.0. The molecule has 0 unspecified atom stereocenters. The van der Waals surface area contributed by atoms with Gasteiger partial charge in [0, 0.05) is 10.5 Å². The van der Waals surface area contributed by atoms with Gasteiger partial charge in [0.1, 0.15) is 5.75 Å². The Morgan fingerprint density at radius 3 is 2.43 bits per heavy atom. The third-order valence-electron chi connectivity index (χ3n) is 3.12. The van der Waals surface area contributed by atoms with E-state index in [1.54, 1.807) is 24.3 Å². The fourth-order valence-corrected chi connectivity index (χ4v) is 2.38. The molecule has 0 saturated heterocycles. The number of methoxy groups -OCH3 is 1. The van der Waals surface area contributed by atoms with Gasteiger partial charge in [-0.3, -0.25) is 10.1 Å². The number of carboxylic acid groups (broad SMARTS) is 1. The summed E-state index contributed by atoms with van der Waals surface area (Å²) in [7, 11) is 1.51. The summed E-state index contributed by atoms with van der Waals surface area (Å²) in [6.45, 7) is 0. The highest BCUT2D eigenvalue weighted by atomic mass is 79.9. The second-order valence-corrected chi connectivity index (χ2v) is 5.47. The summed E-state index contributed by atoms with van der Waals surface area (Å²) in [5, 5.41) is 20.5. The van der Waals surface area contributed by atoms with Crippen molar-refractivity contribution >= 4 is 39.2 Å². The van der Waals surface area contributed by atoms with E-state index in [1.165, 1.54) is 31.4 Å². The lowest BCUT2D eigenvalue weighted by molar-refractivity contribution is -0.385. The number of aliphatic carboxylic acids is 1. The molecule has 7 heteroatoms. The average Bonchev–Trinajstić information content (AvgIpc) is 2.52. The summed E-state index contributed by atoms with van der Waals surface area (Å²) in [5.74, 6) is -0.587. The van der Waals surface area contributed by atoms with Crippen LogP contribution in [0.3, 0.4) is 0 Å². The van der Waals surface area contributed by atoms with Crippen molar-refractivity contribution in [3.05, 3.63) is 68.2 Å². The molecule has 0 radical (unpaired) electrons. The van der Waals surface area contributed by atoms with E-state index in [0.717, 1.165) is 0 Å². The SMILES string of the molecule is COc1ccc(/C(=C\c2cc(Br)ccc2[N+](=O)[O-])C(=O)O)cc1. The molecule has 2 aromatic carbocycles. The summed E-state index contributed by atoms with van der Waals surface area (Å²) in [6, 6.07) is 10.8. The van der Waals surface area contributed by atoms with Crippen LogP contribution >= 0.6 is 15.9 Å². The van der Waals surface area contributed by atoms with Crippen LogP contribution in [-0.4, -0.2) is 23.1 Å². The van der Waals surface area contributed by atoms with Crippen LogP contribution in [0, 0.1) is 10.1 Å². The molecule has 0 amide bonds. The highest BCUT2D eigenvalue weighted by Crippen LogP contribution is 2.28. The fourth-order valence-electron chi connectivity index (χ4n) is 2.00. The number of ether oxygens (including phenoxy) is 1. The maximum Gasteiger partial charge on any atom is 0.336 e. The zero-order valence-corrected chi connectivity index (χ0v) is 13.6. The Morgan fingerprint density at radius 1 is 1.26 bits per heavy atom. The Morgan fingerprint density at radius 2 is 1.91 bits per heavy atom. The van der Waals surface area contributed by atoms with Crippen molar-refractivity contribution in [3.8, 4) is 5.75 Å². The first-order chi connectivity index (χ1) is 10.9. The summed E-state index contributed by atoms with van der Waals surface area (Å²) in [5.41, 5.74) is 0.416. The van der Waals surface area contributed by atoms with E-state index in [2.05, 4.69) is 15.9 Å². The number of hydrogen-bond donors (Lipinski definition) is 1. The molecule has 0 atom stereocenters. The Labute approximate surface area is 140 Å². The molecule has 1 N–H and O–H groups in total. The molecule has 2 aromatic rings. The number of halogens is 1. The largest absolute Gasteiger partial charge is 0.497 e. The number of carboxylic acids is 1. The Hall–Kier alpha value is -2.67. The van der Waals surface area contributed by atoms with Crippen molar-refractivity contribution in [1.82, 2.24) is 0 Å². The molecule has 0 aliphatic carbocycles. The molecule has 0 bridgehead atoms.